The average molecular weight is 711 g/mol. The number of imidazole rings is 1. The Hall–Kier alpha value is -5.19. The van der Waals surface area contributed by atoms with Gasteiger partial charge in [0.2, 0.25) is 0 Å². The van der Waals surface area contributed by atoms with Crippen molar-refractivity contribution >= 4 is 41.8 Å². The number of fused-ring (bicyclic) bond motifs is 4. The lowest BCUT2D eigenvalue weighted by Crippen LogP contribution is -2.30. The van der Waals surface area contributed by atoms with E-state index >= 15 is 0 Å². The van der Waals surface area contributed by atoms with Crippen molar-refractivity contribution in [2.45, 2.75) is 72.0 Å². The van der Waals surface area contributed by atoms with Gasteiger partial charge in [0, 0.05) is 30.7 Å². The molecule has 2 heterocycles. The number of furan rings is 1. The Morgan fingerprint density at radius 1 is 0.660 bits per heavy atom. The summed E-state index contributed by atoms with van der Waals surface area (Å²) < 4.78 is 11.6. The minimum absolute atomic E-state index is 0.204. The normalized spacial score (nSPS) is 12.1. The van der Waals surface area contributed by atoms with Crippen molar-refractivity contribution in [2.75, 3.05) is 0 Å². The highest BCUT2D eigenvalue weighted by Crippen LogP contribution is 2.43. The summed E-state index contributed by atoms with van der Waals surface area (Å²) in [5.74, 6) is 1.71. The van der Waals surface area contributed by atoms with Gasteiger partial charge in [-0.15, -0.1) is 0 Å². The molecule has 0 amide bonds. The van der Waals surface area contributed by atoms with Gasteiger partial charge in [0.15, 0.2) is 16.6 Å². The number of rotatable bonds is 9. The molecular formula is C49H50N2OSi+. The zero-order chi connectivity index (χ0) is 37.0. The molecule has 0 aliphatic heterocycles. The van der Waals surface area contributed by atoms with E-state index in [4.69, 9.17) is 4.42 Å². The van der Waals surface area contributed by atoms with Crippen LogP contribution in [0.4, 0.5) is 0 Å². The van der Waals surface area contributed by atoms with Gasteiger partial charge in [0.25, 0.3) is 5.82 Å². The van der Waals surface area contributed by atoms with Gasteiger partial charge in [-0.2, -0.15) is 4.57 Å². The van der Waals surface area contributed by atoms with Crippen LogP contribution in [0.1, 0.15) is 61.8 Å². The van der Waals surface area contributed by atoms with E-state index < -0.39 is 0 Å². The molecule has 0 saturated heterocycles. The fourth-order valence-corrected chi connectivity index (χ4v) is 8.87. The summed E-state index contributed by atoms with van der Waals surface area (Å²) in [6.07, 6.45) is 1.18. The number of aromatic nitrogens is 2. The van der Waals surface area contributed by atoms with Crippen LogP contribution in [0.25, 0.3) is 72.3 Å². The molecular weight excluding hydrogens is 661 g/mol. The fourth-order valence-electron chi connectivity index (χ4n) is 8.08. The Morgan fingerprint density at radius 2 is 1.25 bits per heavy atom. The molecule has 0 spiro atoms. The third-order valence-corrected chi connectivity index (χ3v) is 12.3. The van der Waals surface area contributed by atoms with E-state index in [1.54, 1.807) is 0 Å². The van der Waals surface area contributed by atoms with Gasteiger partial charge >= 0.3 is 0 Å². The van der Waals surface area contributed by atoms with Gasteiger partial charge in [-0.05, 0) is 88.9 Å². The van der Waals surface area contributed by atoms with E-state index in [-0.39, 0.29) is 8.80 Å². The molecule has 0 saturated carbocycles. The maximum absolute atomic E-state index is 6.73. The molecule has 265 valence electrons. The molecule has 2 aromatic heterocycles. The summed E-state index contributed by atoms with van der Waals surface area (Å²) in [7, 11) is 2.00. The van der Waals surface area contributed by atoms with E-state index in [0.29, 0.717) is 11.8 Å². The van der Waals surface area contributed by atoms with Crippen molar-refractivity contribution in [1.29, 1.82) is 0 Å². The second-order valence-corrected chi connectivity index (χ2v) is 18.6. The van der Waals surface area contributed by atoms with Gasteiger partial charge in [0.05, 0.1) is 7.05 Å². The zero-order valence-electron chi connectivity index (χ0n) is 32.4. The van der Waals surface area contributed by atoms with Gasteiger partial charge in [-0.25, -0.2) is 4.57 Å². The van der Waals surface area contributed by atoms with Crippen molar-refractivity contribution in [2.24, 2.45) is 7.05 Å². The van der Waals surface area contributed by atoms with E-state index in [1.807, 2.05) is 0 Å². The van der Waals surface area contributed by atoms with E-state index in [9.17, 15) is 0 Å². The summed E-state index contributed by atoms with van der Waals surface area (Å²) in [5.41, 5.74) is 17.0. The van der Waals surface area contributed by atoms with E-state index in [2.05, 4.69) is 185 Å². The summed E-state index contributed by atoms with van der Waals surface area (Å²) in [5, 5.41) is 2.29. The first-order chi connectivity index (χ1) is 25.6. The largest absolute Gasteiger partial charge is 0.455 e. The third kappa shape index (κ3) is 6.23. The maximum Gasteiger partial charge on any atom is 0.299 e. The van der Waals surface area contributed by atoms with Crippen LogP contribution in [0.2, 0.25) is 19.1 Å². The van der Waals surface area contributed by atoms with Crippen molar-refractivity contribution in [1.82, 2.24) is 4.57 Å². The highest BCUT2D eigenvalue weighted by molar-refractivity contribution is 6.55. The lowest BCUT2D eigenvalue weighted by molar-refractivity contribution is -0.633. The molecule has 0 aliphatic carbocycles. The van der Waals surface area contributed by atoms with Crippen molar-refractivity contribution < 1.29 is 8.98 Å². The van der Waals surface area contributed by atoms with Crippen LogP contribution in [0.5, 0.6) is 0 Å². The van der Waals surface area contributed by atoms with Crippen LogP contribution in [0.3, 0.4) is 0 Å². The molecule has 0 aliphatic rings. The third-order valence-electron chi connectivity index (χ3n) is 11.0. The predicted molar refractivity (Wildman–Crippen MR) is 227 cm³/mol. The van der Waals surface area contributed by atoms with Crippen LogP contribution in [-0.4, -0.2) is 13.4 Å². The Labute approximate surface area is 316 Å². The van der Waals surface area contributed by atoms with Crippen molar-refractivity contribution in [3.63, 3.8) is 0 Å². The molecule has 0 bridgehead atoms. The van der Waals surface area contributed by atoms with Gasteiger partial charge in [0.1, 0.15) is 16.8 Å². The topological polar surface area (TPSA) is 21.9 Å². The first kappa shape index (κ1) is 34.9. The van der Waals surface area contributed by atoms with Crippen molar-refractivity contribution in [3.8, 4) is 39.3 Å². The molecule has 0 atom stereocenters. The predicted octanol–water partition coefficient (Wildman–Crippen LogP) is 13.2. The van der Waals surface area contributed by atoms with Crippen LogP contribution in [0.15, 0.2) is 126 Å². The Bertz CT molecular complexity index is 2570. The first-order valence-corrected chi connectivity index (χ1v) is 21.9. The quantitative estimate of drug-likeness (QED) is 0.108. The summed E-state index contributed by atoms with van der Waals surface area (Å²) in [6.45, 7) is 16.3. The molecule has 0 unspecified atom stereocenters. The summed E-state index contributed by atoms with van der Waals surface area (Å²) in [4.78, 5) is 0. The SMILES string of the molecule is Cc1ccc2c(oc3ccccc32)c1-c1n(-c2c(C(C)C)cc(-c3ccc(-c4ccc(CC[Si](C)C)cc4)cc3)cc2C(C)C)c2ccccc2[n+]1C. The minimum atomic E-state index is -0.204. The number of nitrogens with zero attached hydrogens (tertiary/aromatic N) is 2. The molecule has 0 fully saturated rings. The second-order valence-electron chi connectivity index (χ2n) is 15.7. The summed E-state index contributed by atoms with van der Waals surface area (Å²) in [6, 6.07) is 46.3. The fraction of sp³-hybridized carbons (Fsp3) is 0.245. The lowest BCUT2D eigenvalue weighted by atomic mass is 9.87. The van der Waals surface area contributed by atoms with E-state index in [1.165, 1.54) is 73.7 Å². The first-order valence-electron chi connectivity index (χ1n) is 19.2. The summed E-state index contributed by atoms with van der Waals surface area (Å²) >= 11 is 0. The molecule has 8 rings (SSSR count). The molecule has 4 heteroatoms. The lowest BCUT2D eigenvalue weighted by Gasteiger charge is -2.21. The molecule has 0 N–H and O–H groups in total. The monoisotopic (exact) mass is 710 g/mol. The Kier molecular flexibility index (Phi) is 9.20. The van der Waals surface area contributed by atoms with Gasteiger partial charge in [-0.1, -0.05) is 138 Å². The number of benzene rings is 6. The van der Waals surface area contributed by atoms with Gasteiger partial charge < -0.3 is 4.42 Å². The van der Waals surface area contributed by atoms with Crippen LogP contribution in [0, 0.1) is 6.92 Å². The second kappa shape index (κ2) is 14.0. The highest BCUT2D eigenvalue weighted by atomic mass is 28.3. The molecule has 3 nitrogen and oxygen atoms in total. The number of hydrogen-bond donors (Lipinski definition) is 0. The van der Waals surface area contributed by atoms with E-state index in [0.717, 1.165) is 33.3 Å². The van der Waals surface area contributed by atoms with Crippen LogP contribution < -0.4 is 4.57 Å². The molecule has 8 aromatic rings. The Balaban J connectivity index is 1.31. The number of aryl methyl sites for hydroxylation is 3. The van der Waals surface area contributed by atoms with Crippen LogP contribution >= 0.6 is 0 Å². The zero-order valence-corrected chi connectivity index (χ0v) is 33.4. The number of para-hydroxylation sites is 3. The maximum atomic E-state index is 6.73. The minimum Gasteiger partial charge on any atom is -0.455 e. The molecule has 1 radical (unpaired) electrons. The Morgan fingerprint density at radius 3 is 1.89 bits per heavy atom. The highest BCUT2D eigenvalue weighted by Gasteiger charge is 2.34. The molecule has 6 aromatic carbocycles. The average Bonchev–Trinajstić information content (AvgIpc) is 3.68. The van der Waals surface area contributed by atoms with Gasteiger partial charge in [-0.3, -0.25) is 0 Å². The van der Waals surface area contributed by atoms with Crippen LogP contribution in [-0.2, 0) is 13.5 Å². The number of hydrogen-bond acceptors (Lipinski definition) is 1. The standard InChI is InChI=1S/C49H50N2OSi/c1-31(2)41-29-38(37-24-22-36(23-25-37)35-20-18-34(19-21-35)27-28-53(7)8)30-42(32(3)4)47(41)51-44-15-11-10-14-43(44)50(6)49(51)46-33(5)17-26-40-39-13-9-12-16-45(39)52-48(40)46/h9-26,29-32H,27-28H2,1-8H3/q+1. The van der Waals surface area contributed by atoms with Crippen molar-refractivity contribution in [3.05, 3.63) is 144 Å². The molecule has 53 heavy (non-hydrogen) atoms. The smallest absolute Gasteiger partial charge is 0.299 e.